The van der Waals surface area contributed by atoms with E-state index in [0.717, 1.165) is 16.7 Å². The van der Waals surface area contributed by atoms with E-state index in [-0.39, 0.29) is 11.5 Å². The van der Waals surface area contributed by atoms with E-state index >= 15 is 0 Å². The average molecular weight is 525 g/mol. The summed E-state index contributed by atoms with van der Waals surface area (Å²) in [7, 11) is 0. The third kappa shape index (κ3) is 17.1. The number of carboxylic acid groups (broad SMARTS) is 1. The fraction of sp³-hybridized carbons (Fsp3) is 0.167. The van der Waals surface area contributed by atoms with Crippen molar-refractivity contribution in [3.8, 4) is 11.1 Å². The Morgan fingerprint density at radius 1 is 0.946 bits per heavy atom. The number of aliphatic carboxylic acids is 1. The molecular formula is C30H34ClFN2O3. The van der Waals surface area contributed by atoms with E-state index in [2.05, 4.69) is 36.9 Å². The van der Waals surface area contributed by atoms with Gasteiger partial charge in [-0.2, -0.15) is 0 Å². The number of aryl methyl sites for hydroxylation is 2. The maximum Gasteiger partial charge on any atom is 0.303 e. The molecule has 0 saturated heterocycles. The SMILES string of the molecule is C=C(C)C.C=C(F)C(=C)Cl.Cc1ccc(C(N)=O)nc1.O=C(O)CCc1ccc(-c2ccccc2)cc1. The highest BCUT2D eigenvalue weighted by molar-refractivity contribution is 6.31. The molecule has 3 aromatic rings. The summed E-state index contributed by atoms with van der Waals surface area (Å²) in [6.07, 6.45) is 2.38. The fourth-order valence-corrected chi connectivity index (χ4v) is 2.36. The zero-order valence-corrected chi connectivity index (χ0v) is 22.3. The second-order valence-electron chi connectivity index (χ2n) is 8.06. The summed E-state index contributed by atoms with van der Waals surface area (Å²) in [5, 5.41) is 8.48. The molecule has 0 radical (unpaired) electrons. The highest BCUT2D eigenvalue weighted by Gasteiger charge is 2.00. The molecule has 2 aromatic carbocycles. The van der Waals surface area contributed by atoms with Crippen molar-refractivity contribution in [2.24, 2.45) is 5.73 Å². The Balaban J connectivity index is 0.000000548. The number of halogens is 2. The number of carbonyl (C=O) groups excluding carboxylic acids is 1. The second kappa shape index (κ2) is 18.3. The molecular weight excluding hydrogens is 491 g/mol. The first-order chi connectivity index (χ1) is 17.3. The number of hydrogen-bond acceptors (Lipinski definition) is 3. The van der Waals surface area contributed by atoms with Crippen LogP contribution in [0.3, 0.4) is 0 Å². The predicted octanol–water partition coefficient (Wildman–Crippen LogP) is 7.66. The van der Waals surface area contributed by atoms with Gasteiger partial charge in [0.15, 0.2) is 0 Å². The standard InChI is InChI=1S/C15H14O2.C7H8N2O.C4H4ClF.C4H8/c16-15(17)11-8-12-6-9-14(10-7-12)13-4-2-1-3-5-13;1-5-2-3-6(7(8)10)9-4-5;1-3(5)4(2)6;1-4(2)3/h1-7,9-10H,8,11H2,(H,16,17);2-4H,1H3,(H2,8,10);1-2H2;1H2,2-3H3. The van der Waals surface area contributed by atoms with Gasteiger partial charge in [-0.25, -0.2) is 4.39 Å². The lowest BCUT2D eigenvalue weighted by Crippen LogP contribution is -2.12. The molecule has 1 amide bonds. The molecule has 3 N–H and O–H groups in total. The van der Waals surface area contributed by atoms with Gasteiger partial charge in [-0.15, -0.1) is 6.58 Å². The minimum Gasteiger partial charge on any atom is -0.481 e. The van der Waals surface area contributed by atoms with Crippen molar-refractivity contribution in [1.82, 2.24) is 4.98 Å². The van der Waals surface area contributed by atoms with Crippen molar-refractivity contribution in [3.63, 3.8) is 0 Å². The van der Waals surface area contributed by atoms with Gasteiger partial charge in [0, 0.05) is 12.6 Å². The predicted molar refractivity (Wildman–Crippen MR) is 151 cm³/mol. The van der Waals surface area contributed by atoms with Crippen molar-refractivity contribution >= 4 is 23.5 Å². The van der Waals surface area contributed by atoms with Crippen LogP contribution in [-0.4, -0.2) is 22.0 Å². The van der Waals surface area contributed by atoms with Gasteiger partial charge in [0.1, 0.15) is 11.5 Å². The molecule has 0 aliphatic heterocycles. The van der Waals surface area contributed by atoms with Gasteiger partial charge in [-0.05, 0) is 55.5 Å². The lowest BCUT2D eigenvalue weighted by atomic mass is 10.0. The molecule has 5 nitrogen and oxygen atoms in total. The van der Waals surface area contributed by atoms with E-state index < -0.39 is 17.7 Å². The number of pyridine rings is 1. The summed E-state index contributed by atoms with van der Waals surface area (Å²) in [6.45, 7) is 15.3. The summed E-state index contributed by atoms with van der Waals surface area (Å²) in [6, 6.07) is 21.6. The first kappa shape index (κ1) is 33.0. The van der Waals surface area contributed by atoms with Crippen molar-refractivity contribution in [1.29, 1.82) is 0 Å². The van der Waals surface area contributed by atoms with Crippen LogP contribution < -0.4 is 5.73 Å². The van der Waals surface area contributed by atoms with Crippen LogP contribution in [0.1, 0.15) is 41.9 Å². The topological polar surface area (TPSA) is 93.3 Å². The number of nitrogens with two attached hydrogens (primary N) is 1. The monoisotopic (exact) mass is 524 g/mol. The Morgan fingerprint density at radius 2 is 1.43 bits per heavy atom. The maximum absolute atomic E-state index is 11.4. The number of carboxylic acids is 1. The van der Waals surface area contributed by atoms with Crippen molar-refractivity contribution in [2.45, 2.75) is 33.6 Å². The van der Waals surface area contributed by atoms with E-state index in [1.54, 1.807) is 18.3 Å². The van der Waals surface area contributed by atoms with Gasteiger partial charge < -0.3 is 10.8 Å². The molecule has 1 aromatic heterocycles. The smallest absolute Gasteiger partial charge is 0.303 e. The van der Waals surface area contributed by atoms with Crippen molar-refractivity contribution < 1.29 is 19.1 Å². The summed E-state index contributed by atoms with van der Waals surface area (Å²) in [4.78, 5) is 24.7. The molecule has 0 aliphatic rings. The van der Waals surface area contributed by atoms with E-state index in [4.69, 9.17) is 22.4 Å². The van der Waals surface area contributed by atoms with Crippen LogP contribution >= 0.6 is 11.6 Å². The summed E-state index contributed by atoms with van der Waals surface area (Å²) < 4.78 is 11.4. The molecule has 0 fully saturated rings. The van der Waals surface area contributed by atoms with E-state index in [0.29, 0.717) is 12.1 Å². The van der Waals surface area contributed by atoms with Crippen molar-refractivity contribution in [2.75, 3.05) is 0 Å². The molecule has 37 heavy (non-hydrogen) atoms. The maximum atomic E-state index is 11.4. The second-order valence-corrected chi connectivity index (χ2v) is 8.51. The van der Waals surface area contributed by atoms with E-state index in [9.17, 15) is 14.0 Å². The van der Waals surface area contributed by atoms with Gasteiger partial charge in [0.05, 0.1) is 5.03 Å². The fourth-order valence-electron chi connectivity index (χ4n) is 2.36. The Morgan fingerprint density at radius 3 is 1.81 bits per heavy atom. The summed E-state index contributed by atoms with van der Waals surface area (Å²) in [5.74, 6) is -1.91. The van der Waals surface area contributed by atoms with E-state index in [1.807, 2.05) is 63.2 Å². The Labute approximate surface area is 223 Å². The molecule has 1 heterocycles. The summed E-state index contributed by atoms with van der Waals surface area (Å²) >= 11 is 4.94. The first-order valence-corrected chi connectivity index (χ1v) is 11.6. The molecule has 3 rings (SSSR count). The van der Waals surface area contributed by atoms with Crippen molar-refractivity contribution in [3.05, 3.63) is 126 Å². The number of aromatic nitrogens is 1. The molecule has 0 saturated carbocycles. The number of amides is 1. The highest BCUT2D eigenvalue weighted by Crippen LogP contribution is 2.19. The normalized spacial score (nSPS) is 9.11. The van der Waals surface area contributed by atoms with Gasteiger partial charge in [0.25, 0.3) is 5.91 Å². The molecule has 0 aliphatic carbocycles. The van der Waals surface area contributed by atoms with Gasteiger partial charge >= 0.3 is 5.97 Å². The molecule has 0 bridgehead atoms. The third-order valence-electron chi connectivity index (χ3n) is 4.15. The third-order valence-corrected chi connectivity index (χ3v) is 4.35. The van der Waals surface area contributed by atoms with Gasteiger partial charge in [-0.1, -0.05) is 91.0 Å². The van der Waals surface area contributed by atoms with Crippen LogP contribution in [0.4, 0.5) is 4.39 Å². The largest absolute Gasteiger partial charge is 0.481 e. The lowest BCUT2D eigenvalue weighted by Gasteiger charge is -2.03. The molecule has 7 heteroatoms. The number of carbonyl (C=O) groups is 2. The Hall–Kier alpha value is -4.03. The van der Waals surface area contributed by atoms with Crippen LogP contribution in [0.2, 0.25) is 0 Å². The van der Waals surface area contributed by atoms with Crippen LogP contribution in [0, 0.1) is 6.92 Å². The van der Waals surface area contributed by atoms with Crippen LogP contribution in [0.5, 0.6) is 0 Å². The Kier molecular flexibility index (Phi) is 16.3. The number of allylic oxidation sites excluding steroid dienone is 3. The minimum absolute atomic E-state index is 0.130. The van der Waals surface area contributed by atoms with Gasteiger partial charge in [0.2, 0.25) is 0 Å². The minimum atomic E-state index is -0.753. The molecule has 0 unspecified atom stereocenters. The van der Waals surface area contributed by atoms with Crippen LogP contribution in [0.15, 0.2) is 109 Å². The number of benzene rings is 2. The lowest BCUT2D eigenvalue weighted by molar-refractivity contribution is -0.136. The Bertz CT molecular complexity index is 1140. The molecule has 0 atom stereocenters. The summed E-state index contributed by atoms with van der Waals surface area (Å²) in [5.41, 5.74) is 10.9. The van der Waals surface area contributed by atoms with Gasteiger partial charge in [-0.3, -0.25) is 14.6 Å². The number of hydrogen-bond donors (Lipinski definition) is 2. The quantitative estimate of drug-likeness (QED) is 0.255. The van der Waals surface area contributed by atoms with Crippen LogP contribution in [0.25, 0.3) is 11.1 Å². The zero-order valence-electron chi connectivity index (χ0n) is 21.5. The first-order valence-electron chi connectivity index (χ1n) is 11.2. The van der Waals surface area contributed by atoms with E-state index in [1.165, 1.54) is 11.1 Å². The zero-order chi connectivity index (χ0) is 28.4. The highest BCUT2D eigenvalue weighted by atomic mass is 35.5. The molecule has 0 spiro atoms. The van der Waals surface area contributed by atoms with Crippen LogP contribution in [-0.2, 0) is 11.2 Å². The number of nitrogens with zero attached hydrogens (tertiary/aromatic N) is 1. The average Bonchev–Trinajstić information content (AvgIpc) is 2.84. The number of rotatable bonds is 6. The number of primary amides is 1. The molecule has 196 valence electrons.